The van der Waals surface area contributed by atoms with Crippen molar-refractivity contribution in [3.63, 3.8) is 0 Å². The van der Waals surface area contributed by atoms with Crippen molar-refractivity contribution in [2.45, 2.75) is 39.8 Å². The lowest BCUT2D eigenvalue weighted by molar-refractivity contribution is 0.163. The third-order valence-corrected chi connectivity index (χ3v) is 4.87. The fourth-order valence-electron chi connectivity index (χ4n) is 3.09. The topological polar surface area (TPSA) is 68.8 Å². The number of rotatable bonds is 4. The molecule has 3 heterocycles. The van der Waals surface area contributed by atoms with Crippen LogP contribution >= 0.6 is 0 Å². The highest BCUT2D eigenvalue weighted by Gasteiger charge is 2.21. The summed E-state index contributed by atoms with van der Waals surface area (Å²) in [5.74, 6) is 0.539. The van der Waals surface area contributed by atoms with Gasteiger partial charge >= 0.3 is 0 Å². The highest BCUT2D eigenvalue weighted by molar-refractivity contribution is 5.12. The van der Waals surface area contributed by atoms with Crippen molar-refractivity contribution in [2.24, 2.45) is 13.0 Å². The maximum atomic E-state index is 12.3. The largest absolute Gasteiger partial charge is 0.299 e. The molecule has 0 bridgehead atoms. The van der Waals surface area contributed by atoms with Crippen LogP contribution in [0.15, 0.2) is 17.3 Å². The van der Waals surface area contributed by atoms with E-state index in [1.54, 1.807) is 10.9 Å². The zero-order chi connectivity index (χ0) is 16.4. The summed E-state index contributed by atoms with van der Waals surface area (Å²) in [5, 5.41) is 7.90. The molecule has 1 saturated heterocycles. The molecule has 1 fully saturated rings. The molecule has 0 unspecified atom stereocenters. The smallest absolute Gasteiger partial charge is 0.256 e. The molecule has 0 radical (unpaired) electrons. The number of hydrogen-bond acceptors (Lipinski definition) is 5. The van der Waals surface area contributed by atoms with E-state index in [4.69, 9.17) is 0 Å². The molecule has 124 valence electrons. The summed E-state index contributed by atoms with van der Waals surface area (Å²) in [5.41, 5.74) is 2.82. The van der Waals surface area contributed by atoms with Gasteiger partial charge in [-0.3, -0.25) is 18.9 Å². The van der Waals surface area contributed by atoms with E-state index in [0.29, 0.717) is 5.92 Å². The summed E-state index contributed by atoms with van der Waals surface area (Å²) in [7, 11) is 1.92. The van der Waals surface area contributed by atoms with Gasteiger partial charge in [-0.05, 0) is 45.7 Å². The predicted octanol–water partition coefficient (Wildman–Crippen LogP) is 0.901. The van der Waals surface area contributed by atoms with Crippen LogP contribution in [0.3, 0.4) is 0 Å². The minimum atomic E-state index is 0.0980. The number of piperidine rings is 1. The van der Waals surface area contributed by atoms with Crippen molar-refractivity contribution in [1.82, 2.24) is 29.4 Å². The standard InChI is InChI=1S/C16H24N6O/c1-12-13(2)17-11-22(16(12)23)9-14-4-6-21(7-5-14)10-15-8-18-19-20(15)3/h8,11,14H,4-7,9-10H2,1-3H3. The fraction of sp³-hybridized carbons (Fsp3) is 0.625. The van der Waals surface area contributed by atoms with E-state index >= 15 is 0 Å². The van der Waals surface area contributed by atoms with E-state index in [1.165, 1.54) is 0 Å². The van der Waals surface area contributed by atoms with Gasteiger partial charge in [0.2, 0.25) is 0 Å². The van der Waals surface area contributed by atoms with Gasteiger partial charge in [-0.25, -0.2) is 4.98 Å². The molecule has 0 N–H and O–H groups in total. The van der Waals surface area contributed by atoms with Crippen molar-refractivity contribution >= 4 is 0 Å². The Morgan fingerprint density at radius 3 is 2.65 bits per heavy atom. The summed E-state index contributed by atoms with van der Waals surface area (Å²) in [4.78, 5) is 19.0. The van der Waals surface area contributed by atoms with E-state index < -0.39 is 0 Å². The van der Waals surface area contributed by atoms with Crippen LogP contribution in [0.1, 0.15) is 29.8 Å². The normalized spacial score (nSPS) is 16.8. The fourth-order valence-corrected chi connectivity index (χ4v) is 3.09. The van der Waals surface area contributed by atoms with Crippen LogP contribution < -0.4 is 5.56 Å². The molecule has 7 nitrogen and oxygen atoms in total. The molecule has 2 aromatic heterocycles. The lowest BCUT2D eigenvalue weighted by Gasteiger charge is -2.32. The first-order valence-electron chi connectivity index (χ1n) is 8.13. The van der Waals surface area contributed by atoms with E-state index in [9.17, 15) is 4.79 Å². The van der Waals surface area contributed by atoms with Crippen molar-refractivity contribution in [3.05, 3.63) is 39.8 Å². The molecule has 1 aliphatic rings. The van der Waals surface area contributed by atoms with Crippen molar-refractivity contribution in [2.75, 3.05) is 13.1 Å². The lowest BCUT2D eigenvalue weighted by Crippen LogP contribution is -2.36. The van der Waals surface area contributed by atoms with E-state index in [1.807, 2.05) is 31.8 Å². The second-order valence-electron chi connectivity index (χ2n) is 6.48. The van der Waals surface area contributed by atoms with E-state index in [-0.39, 0.29) is 5.56 Å². The Balaban J connectivity index is 1.56. The molecular formula is C16H24N6O. The van der Waals surface area contributed by atoms with Gasteiger partial charge in [-0.15, -0.1) is 5.10 Å². The molecule has 7 heteroatoms. The maximum Gasteiger partial charge on any atom is 0.256 e. The highest BCUT2D eigenvalue weighted by Crippen LogP contribution is 2.20. The zero-order valence-corrected chi connectivity index (χ0v) is 14.1. The monoisotopic (exact) mass is 316 g/mol. The van der Waals surface area contributed by atoms with Gasteiger partial charge in [-0.1, -0.05) is 5.21 Å². The van der Waals surface area contributed by atoms with Crippen LogP contribution in [0.2, 0.25) is 0 Å². The number of likely N-dealkylation sites (tertiary alicyclic amines) is 1. The molecule has 23 heavy (non-hydrogen) atoms. The SMILES string of the molecule is Cc1ncn(CC2CCN(Cc3cnnn3C)CC2)c(=O)c1C. The first-order chi connectivity index (χ1) is 11.0. The first-order valence-corrected chi connectivity index (χ1v) is 8.13. The van der Waals surface area contributed by atoms with Crippen LogP contribution in [0.25, 0.3) is 0 Å². The van der Waals surface area contributed by atoms with Gasteiger partial charge in [0.25, 0.3) is 5.56 Å². The Morgan fingerprint density at radius 1 is 1.26 bits per heavy atom. The summed E-state index contributed by atoms with van der Waals surface area (Å²) < 4.78 is 3.60. The van der Waals surface area contributed by atoms with E-state index in [2.05, 4.69) is 20.2 Å². The number of aromatic nitrogens is 5. The Morgan fingerprint density at radius 2 is 2.00 bits per heavy atom. The van der Waals surface area contributed by atoms with Gasteiger partial charge in [-0.2, -0.15) is 0 Å². The van der Waals surface area contributed by atoms with Gasteiger partial charge in [0.15, 0.2) is 0 Å². The molecular weight excluding hydrogens is 292 g/mol. The second-order valence-corrected chi connectivity index (χ2v) is 6.48. The van der Waals surface area contributed by atoms with Gasteiger partial charge < -0.3 is 0 Å². The molecule has 0 aliphatic carbocycles. The average molecular weight is 316 g/mol. The molecule has 1 aliphatic heterocycles. The minimum Gasteiger partial charge on any atom is -0.299 e. The Bertz CT molecular complexity index is 726. The van der Waals surface area contributed by atoms with Crippen LogP contribution in [0.4, 0.5) is 0 Å². The number of aryl methyl sites for hydroxylation is 2. The average Bonchev–Trinajstić information content (AvgIpc) is 2.95. The third kappa shape index (κ3) is 3.50. The van der Waals surface area contributed by atoms with Crippen molar-refractivity contribution in [3.8, 4) is 0 Å². The molecule has 2 aromatic rings. The molecule has 0 atom stereocenters. The number of nitrogens with zero attached hydrogens (tertiary/aromatic N) is 6. The van der Waals surface area contributed by atoms with Crippen LogP contribution in [0.5, 0.6) is 0 Å². The minimum absolute atomic E-state index is 0.0980. The second kappa shape index (κ2) is 6.62. The Labute approximate surface area is 135 Å². The Kier molecular flexibility index (Phi) is 4.56. The predicted molar refractivity (Wildman–Crippen MR) is 87.0 cm³/mol. The summed E-state index contributed by atoms with van der Waals surface area (Å²) in [6.45, 7) is 7.49. The highest BCUT2D eigenvalue weighted by atomic mass is 16.1. The zero-order valence-electron chi connectivity index (χ0n) is 14.1. The maximum absolute atomic E-state index is 12.3. The van der Waals surface area contributed by atoms with Crippen LogP contribution in [-0.2, 0) is 20.1 Å². The lowest BCUT2D eigenvalue weighted by atomic mass is 9.96. The number of hydrogen-bond donors (Lipinski definition) is 0. The van der Waals surface area contributed by atoms with Crippen molar-refractivity contribution < 1.29 is 0 Å². The summed E-state index contributed by atoms with van der Waals surface area (Å²) in [6.07, 6.45) is 5.72. The van der Waals surface area contributed by atoms with Crippen LogP contribution in [0, 0.1) is 19.8 Å². The molecule has 0 aromatic carbocycles. The first kappa shape index (κ1) is 15.9. The quantitative estimate of drug-likeness (QED) is 0.838. The Hall–Kier alpha value is -2.02. The van der Waals surface area contributed by atoms with Crippen LogP contribution in [-0.4, -0.2) is 42.5 Å². The van der Waals surface area contributed by atoms with Crippen molar-refractivity contribution in [1.29, 1.82) is 0 Å². The molecule has 0 saturated carbocycles. The molecule has 0 spiro atoms. The third-order valence-electron chi connectivity index (χ3n) is 4.87. The summed E-state index contributed by atoms with van der Waals surface area (Å²) >= 11 is 0. The van der Waals surface area contributed by atoms with Gasteiger partial charge in [0, 0.05) is 31.4 Å². The molecule has 0 amide bonds. The van der Waals surface area contributed by atoms with Gasteiger partial charge in [0.1, 0.15) is 0 Å². The van der Waals surface area contributed by atoms with E-state index in [0.717, 1.165) is 56.0 Å². The van der Waals surface area contributed by atoms with Gasteiger partial charge in [0.05, 0.1) is 18.2 Å². The molecule has 3 rings (SSSR count). The summed E-state index contributed by atoms with van der Waals surface area (Å²) in [6, 6.07) is 0.